The normalized spacial score (nSPS) is 15.9. The van der Waals surface area contributed by atoms with Gasteiger partial charge in [0, 0.05) is 18.0 Å². The first kappa shape index (κ1) is 14.1. The lowest BCUT2D eigenvalue weighted by atomic mass is 10.1. The maximum absolute atomic E-state index is 4.67. The minimum absolute atomic E-state index is 0.505. The van der Waals surface area contributed by atoms with Crippen molar-refractivity contribution in [1.82, 2.24) is 9.97 Å². The number of rotatable bonds is 7. The summed E-state index contributed by atoms with van der Waals surface area (Å²) in [5.74, 6) is 2.59. The van der Waals surface area contributed by atoms with E-state index < -0.39 is 0 Å². The monoisotopic (exact) mass is 284 g/mol. The van der Waals surface area contributed by atoms with Gasteiger partial charge in [-0.3, -0.25) is 0 Å². The van der Waals surface area contributed by atoms with Crippen LogP contribution in [0.5, 0.6) is 0 Å². The Kier molecular flexibility index (Phi) is 4.23. The fraction of sp³-hybridized carbons (Fsp3) is 0.529. The Bertz CT molecular complexity index is 607. The van der Waals surface area contributed by atoms with Gasteiger partial charge in [-0.2, -0.15) is 4.98 Å². The van der Waals surface area contributed by atoms with Crippen LogP contribution in [0.1, 0.15) is 39.5 Å². The Labute approximate surface area is 126 Å². The molecule has 21 heavy (non-hydrogen) atoms. The SMILES string of the molecule is CCNc1nc(NC(CC)CC2CC2)c2ccccc2n1. The van der Waals surface area contributed by atoms with Crippen LogP contribution in [0.4, 0.5) is 11.8 Å². The van der Waals surface area contributed by atoms with E-state index in [1.807, 2.05) is 18.2 Å². The molecule has 1 atom stereocenters. The van der Waals surface area contributed by atoms with Gasteiger partial charge < -0.3 is 10.6 Å². The summed E-state index contributed by atoms with van der Waals surface area (Å²) in [5, 5.41) is 7.98. The van der Waals surface area contributed by atoms with E-state index in [2.05, 4.69) is 40.5 Å². The number of aromatic nitrogens is 2. The number of nitrogens with zero attached hydrogens (tertiary/aromatic N) is 2. The lowest BCUT2D eigenvalue weighted by Gasteiger charge is -2.19. The Morgan fingerprint density at radius 2 is 2.00 bits per heavy atom. The number of hydrogen-bond acceptors (Lipinski definition) is 4. The van der Waals surface area contributed by atoms with E-state index in [-0.39, 0.29) is 0 Å². The van der Waals surface area contributed by atoms with E-state index in [0.29, 0.717) is 12.0 Å². The lowest BCUT2D eigenvalue weighted by molar-refractivity contribution is 0.585. The van der Waals surface area contributed by atoms with Crippen molar-refractivity contribution >= 4 is 22.7 Å². The molecule has 1 heterocycles. The molecular weight excluding hydrogens is 260 g/mol. The summed E-state index contributed by atoms with van der Waals surface area (Å²) in [7, 11) is 0. The molecule has 112 valence electrons. The van der Waals surface area contributed by atoms with Gasteiger partial charge in [0.2, 0.25) is 5.95 Å². The molecule has 1 fully saturated rings. The van der Waals surface area contributed by atoms with Gasteiger partial charge in [0.05, 0.1) is 5.52 Å². The van der Waals surface area contributed by atoms with Gasteiger partial charge in [-0.05, 0) is 37.8 Å². The van der Waals surface area contributed by atoms with E-state index in [1.165, 1.54) is 19.3 Å². The summed E-state index contributed by atoms with van der Waals surface area (Å²) in [5.41, 5.74) is 0.993. The van der Waals surface area contributed by atoms with Crippen LogP contribution >= 0.6 is 0 Å². The van der Waals surface area contributed by atoms with E-state index in [4.69, 9.17) is 0 Å². The van der Waals surface area contributed by atoms with Gasteiger partial charge in [0.1, 0.15) is 5.82 Å². The molecule has 1 aromatic carbocycles. The van der Waals surface area contributed by atoms with Gasteiger partial charge in [-0.15, -0.1) is 0 Å². The van der Waals surface area contributed by atoms with Crippen LogP contribution in [0, 0.1) is 5.92 Å². The smallest absolute Gasteiger partial charge is 0.225 e. The minimum Gasteiger partial charge on any atom is -0.367 e. The third-order valence-corrected chi connectivity index (χ3v) is 4.09. The van der Waals surface area contributed by atoms with Crippen molar-refractivity contribution < 1.29 is 0 Å². The maximum Gasteiger partial charge on any atom is 0.225 e. The molecule has 1 unspecified atom stereocenters. The van der Waals surface area contributed by atoms with Crippen molar-refractivity contribution in [2.75, 3.05) is 17.2 Å². The number of hydrogen-bond donors (Lipinski definition) is 2. The number of benzene rings is 1. The van der Waals surface area contributed by atoms with Crippen molar-refractivity contribution in [3.05, 3.63) is 24.3 Å². The fourth-order valence-corrected chi connectivity index (χ4v) is 2.70. The van der Waals surface area contributed by atoms with E-state index >= 15 is 0 Å². The summed E-state index contributed by atoms with van der Waals surface area (Å²) in [4.78, 5) is 9.24. The number of fused-ring (bicyclic) bond motifs is 1. The van der Waals surface area contributed by atoms with Crippen molar-refractivity contribution in [2.24, 2.45) is 5.92 Å². The molecule has 0 spiro atoms. The van der Waals surface area contributed by atoms with Crippen LogP contribution < -0.4 is 10.6 Å². The molecule has 0 saturated heterocycles. The van der Waals surface area contributed by atoms with E-state index in [9.17, 15) is 0 Å². The molecule has 1 aromatic heterocycles. The van der Waals surface area contributed by atoms with Crippen LogP contribution in [0.25, 0.3) is 10.9 Å². The van der Waals surface area contributed by atoms with Crippen molar-refractivity contribution in [1.29, 1.82) is 0 Å². The van der Waals surface area contributed by atoms with Gasteiger partial charge in [0.25, 0.3) is 0 Å². The largest absolute Gasteiger partial charge is 0.367 e. The summed E-state index contributed by atoms with van der Waals surface area (Å²) in [6.07, 6.45) is 5.17. The topological polar surface area (TPSA) is 49.8 Å². The van der Waals surface area contributed by atoms with Crippen LogP contribution in [-0.2, 0) is 0 Å². The highest BCUT2D eigenvalue weighted by Gasteiger charge is 2.25. The quantitative estimate of drug-likeness (QED) is 0.805. The molecule has 2 N–H and O–H groups in total. The van der Waals surface area contributed by atoms with Crippen LogP contribution in [-0.4, -0.2) is 22.6 Å². The van der Waals surface area contributed by atoms with Gasteiger partial charge in [-0.1, -0.05) is 31.9 Å². The lowest BCUT2D eigenvalue weighted by Crippen LogP contribution is -2.20. The first-order valence-electron chi connectivity index (χ1n) is 8.07. The molecular formula is C17H24N4. The van der Waals surface area contributed by atoms with Crippen LogP contribution in [0.3, 0.4) is 0 Å². The summed E-state index contributed by atoms with van der Waals surface area (Å²) >= 11 is 0. The Balaban J connectivity index is 1.90. The molecule has 0 amide bonds. The van der Waals surface area contributed by atoms with Gasteiger partial charge >= 0.3 is 0 Å². The number of nitrogens with one attached hydrogen (secondary N) is 2. The second-order valence-corrected chi connectivity index (χ2v) is 5.87. The zero-order valence-electron chi connectivity index (χ0n) is 12.9. The standard InChI is InChI=1S/C17H24N4/c1-3-13(11-12-9-10-12)19-16-14-7-5-6-8-15(14)20-17(21-16)18-4-2/h5-8,12-13H,3-4,9-11H2,1-2H3,(H2,18,19,20,21). The van der Waals surface area contributed by atoms with Gasteiger partial charge in [-0.25, -0.2) is 4.98 Å². The summed E-state index contributed by atoms with van der Waals surface area (Å²) in [6, 6.07) is 8.72. The Morgan fingerprint density at radius 1 is 1.19 bits per heavy atom. The average Bonchev–Trinajstić information content (AvgIpc) is 3.31. The molecule has 4 heteroatoms. The zero-order valence-corrected chi connectivity index (χ0v) is 12.9. The minimum atomic E-state index is 0.505. The highest BCUT2D eigenvalue weighted by atomic mass is 15.1. The van der Waals surface area contributed by atoms with Crippen molar-refractivity contribution in [3.8, 4) is 0 Å². The maximum atomic E-state index is 4.67. The summed E-state index contributed by atoms with van der Waals surface area (Å²) in [6.45, 7) is 5.14. The van der Waals surface area contributed by atoms with E-state index in [1.54, 1.807) is 0 Å². The van der Waals surface area contributed by atoms with Crippen LogP contribution in [0.15, 0.2) is 24.3 Å². The van der Waals surface area contributed by atoms with Crippen molar-refractivity contribution in [3.63, 3.8) is 0 Å². The number of para-hydroxylation sites is 1. The Hall–Kier alpha value is -1.84. The molecule has 0 radical (unpaired) electrons. The highest BCUT2D eigenvalue weighted by molar-refractivity contribution is 5.90. The number of anilines is 2. The molecule has 2 aromatic rings. The molecule has 0 aliphatic heterocycles. The molecule has 1 saturated carbocycles. The van der Waals surface area contributed by atoms with E-state index in [0.717, 1.165) is 35.6 Å². The highest BCUT2D eigenvalue weighted by Crippen LogP contribution is 2.35. The third kappa shape index (κ3) is 3.43. The van der Waals surface area contributed by atoms with Crippen LogP contribution in [0.2, 0.25) is 0 Å². The molecule has 1 aliphatic rings. The first-order chi connectivity index (χ1) is 10.3. The molecule has 4 nitrogen and oxygen atoms in total. The predicted molar refractivity (Wildman–Crippen MR) is 88.7 cm³/mol. The second-order valence-electron chi connectivity index (χ2n) is 5.87. The third-order valence-electron chi connectivity index (χ3n) is 4.09. The first-order valence-corrected chi connectivity index (χ1v) is 8.07. The van der Waals surface area contributed by atoms with Crippen molar-refractivity contribution in [2.45, 2.75) is 45.6 Å². The predicted octanol–water partition coefficient (Wildman–Crippen LogP) is 4.05. The second kappa shape index (κ2) is 6.29. The fourth-order valence-electron chi connectivity index (χ4n) is 2.70. The average molecular weight is 284 g/mol. The molecule has 1 aliphatic carbocycles. The molecule has 0 bridgehead atoms. The zero-order chi connectivity index (χ0) is 14.7. The molecule has 3 rings (SSSR count). The van der Waals surface area contributed by atoms with Gasteiger partial charge in [0.15, 0.2) is 0 Å². The Morgan fingerprint density at radius 3 is 2.71 bits per heavy atom. The summed E-state index contributed by atoms with van der Waals surface area (Å²) < 4.78 is 0.